The molecule has 4 rings (SSSR count). The number of aryl methyl sites for hydroxylation is 1. The summed E-state index contributed by atoms with van der Waals surface area (Å²) in [7, 11) is 0. The fraction of sp³-hybridized carbons (Fsp3) is 0.0870. The average Bonchev–Trinajstić information content (AvgIpc) is 3.33. The molecule has 9 heteroatoms. The maximum atomic E-state index is 13.3. The summed E-state index contributed by atoms with van der Waals surface area (Å²) in [5, 5.41) is 17.6. The van der Waals surface area contributed by atoms with Crippen molar-refractivity contribution >= 4 is 35.4 Å². The van der Waals surface area contributed by atoms with E-state index in [0.29, 0.717) is 10.8 Å². The first-order valence-corrected chi connectivity index (χ1v) is 10.8. The lowest BCUT2D eigenvalue weighted by molar-refractivity contribution is -0.131. The Hall–Kier alpha value is -3.36. The molecule has 6 nitrogen and oxygen atoms in total. The van der Waals surface area contributed by atoms with E-state index in [1.165, 1.54) is 12.1 Å². The molecule has 0 saturated carbocycles. The van der Waals surface area contributed by atoms with Crippen molar-refractivity contribution in [1.29, 1.82) is 0 Å². The lowest BCUT2D eigenvalue weighted by atomic mass is 10.2. The van der Waals surface area contributed by atoms with E-state index in [1.54, 1.807) is 42.5 Å². The number of halogens is 2. The summed E-state index contributed by atoms with van der Waals surface area (Å²) >= 11 is 6.87. The number of aliphatic carboxylic acids is 1. The van der Waals surface area contributed by atoms with Gasteiger partial charge in [0.15, 0.2) is 5.82 Å². The first-order chi connectivity index (χ1) is 15.3. The van der Waals surface area contributed by atoms with Crippen molar-refractivity contribution in [2.24, 2.45) is 0 Å². The van der Waals surface area contributed by atoms with Gasteiger partial charge in [-0.3, -0.25) is 5.10 Å². The third-order valence-corrected chi connectivity index (χ3v) is 5.97. The summed E-state index contributed by atoms with van der Waals surface area (Å²) in [6, 6.07) is 15.1. The second kappa shape index (κ2) is 9.02. The fourth-order valence-electron chi connectivity index (χ4n) is 3.32. The Morgan fingerprint density at radius 2 is 1.84 bits per heavy atom. The quantitative estimate of drug-likeness (QED) is 0.272. The Bertz CT molecular complexity index is 1310. The maximum absolute atomic E-state index is 13.3. The first-order valence-electron chi connectivity index (χ1n) is 9.58. The maximum Gasteiger partial charge on any atom is 0.342 e. The van der Waals surface area contributed by atoms with Crippen molar-refractivity contribution in [2.75, 3.05) is 0 Å². The minimum absolute atomic E-state index is 0.0750. The molecule has 0 amide bonds. The van der Waals surface area contributed by atoms with Gasteiger partial charge in [-0.15, -0.1) is 5.10 Å². The van der Waals surface area contributed by atoms with Crippen LogP contribution in [-0.4, -0.2) is 30.8 Å². The van der Waals surface area contributed by atoms with Crippen LogP contribution in [0.2, 0.25) is 5.02 Å². The molecule has 0 aliphatic carbocycles. The summed E-state index contributed by atoms with van der Waals surface area (Å²) < 4.78 is 15.2. The van der Waals surface area contributed by atoms with Crippen LogP contribution in [0.5, 0.6) is 0 Å². The SMILES string of the molecule is Cc1cc(/C=C(\Sc2n[nH]c(-c3ccc(Cl)cc3)n2)C(=O)O)c(C)n1-c1ccc(F)cc1. The number of carbonyl (C=O) groups is 1. The van der Waals surface area contributed by atoms with Crippen molar-refractivity contribution in [2.45, 2.75) is 19.0 Å². The highest BCUT2D eigenvalue weighted by Crippen LogP contribution is 2.30. The number of nitrogens with one attached hydrogen (secondary N) is 1. The minimum Gasteiger partial charge on any atom is -0.477 e. The van der Waals surface area contributed by atoms with Crippen molar-refractivity contribution in [3.05, 3.63) is 87.3 Å². The molecule has 0 fully saturated rings. The van der Waals surface area contributed by atoms with Crippen molar-refractivity contribution < 1.29 is 14.3 Å². The minimum atomic E-state index is -1.08. The number of carboxylic acids is 1. The number of hydrogen-bond acceptors (Lipinski definition) is 4. The molecule has 2 aromatic heterocycles. The van der Waals surface area contributed by atoms with Crippen molar-refractivity contribution in [3.8, 4) is 17.1 Å². The van der Waals surface area contributed by atoms with Gasteiger partial charge in [-0.05, 0) is 91.8 Å². The number of rotatable bonds is 6. The van der Waals surface area contributed by atoms with E-state index in [2.05, 4.69) is 15.2 Å². The van der Waals surface area contributed by atoms with Gasteiger partial charge in [0, 0.05) is 27.7 Å². The zero-order valence-corrected chi connectivity index (χ0v) is 18.7. The molecule has 2 aromatic carbocycles. The first kappa shape index (κ1) is 21.9. The Morgan fingerprint density at radius 1 is 1.16 bits per heavy atom. The van der Waals surface area contributed by atoms with Crippen LogP contribution in [0.1, 0.15) is 17.0 Å². The average molecular weight is 469 g/mol. The van der Waals surface area contributed by atoms with Crippen LogP contribution < -0.4 is 0 Å². The number of hydrogen-bond donors (Lipinski definition) is 2. The second-order valence-corrected chi connectivity index (χ2v) is 8.47. The van der Waals surface area contributed by atoms with Crippen molar-refractivity contribution in [3.63, 3.8) is 0 Å². The number of thioether (sulfide) groups is 1. The van der Waals surface area contributed by atoms with Gasteiger partial charge in [0.25, 0.3) is 0 Å². The zero-order valence-electron chi connectivity index (χ0n) is 17.1. The van der Waals surface area contributed by atoms with E-state index >= 15 is 0 Å². The number of aromatic amines is 1. The molecular weight excluding hydrogens is 451 g/mol. The molecule has 0 aliphatic rings. The van der Waals surface area contributed by atoms with Gasteiger partial charge < -0.3 is 9.67 Å². The van der Waals surface area contributed by atoms with Gasteiger partial charge in [-0.25, -0.2) is 14.2 Å². The largest absolute Gasteiger partial charge is 0.477 e. The lowest BCUT2D eigenvalue weighted by Crippen LogP contribution is -2.00. The molecule has 0 saturated heterocycles. The van der Waals surface area contributed by atoms with Crippen LogP contribution in [-0.2, 0) is 4.79 Å². The lowest BCUT2D eigenvalue weighted by Gasteiger charge is -2.09. The Balaban J connectivity index is 1.63. The van der Waals surface area contributed by atoms with Crippen LogP contribution in [0.4, 0.5) is 4.39 Å². The number of benzene rings is 2. The van der Waals surface area contributed by atoms with E-state index in [9.17, 15) is 14.3 Å². The highest BCUT2D eigenvalue weighted by Gasteiger charge is 2.17. The van der Waals surface area contributed by atoms with Gasteiger partial charge in [0.1, 0.15) is 10.7 Å². The van der Waals surface area contributed by atoms with Gasteiger partial charge in [-0.2, -0.15) is 0 Å². The monoisotopic (exact) mass is 468 g/mol. The summed E-state index contributed by atoms with van der Waals surface area (Å²) in [4.78, 5) is 16.4. The predicted octanol–water partition coefficient (Wildman–Crippen LogP) is 5.89. The molecule has 2 heterocycles. The predicted molar refractivity (Wildman–Crippen MR) is 123 cm³/mol. The van der Waals surface area contributed by atoms with Crippen LogP contribution in [0.15, 0.2) is 64.7 Å². The Kier molecular flexibility index (Phi) is 6.16. The van der Waals surface area contributed by atoms with E-state index in [1.807, 2.05) is 24.5 Å². The van der Waals surface area contributed by atoms with Crippen LogP contribution >= 0.6 is 23.4 Å². The summed E-state index contributed by atoms with van der Waals surface area (Å²) in [5.74, 6) is -0.881. The van der Waals surface area contributed by atoms with Gasteiger partial charge in [0.2, 0.25) is 5.16 Å². The summed E-state index contributed by atoms with van der Waals surface area (Å²) in [5.41, 5.74) is 4.07. The molecule has 0 atom stereocenters. The zero-order chi connectivity index (χ0) is 22.8. The molecule has 0 spiro atoms. The van der Waals surface area contributed by atoms with Gasteiger partial charge in [0.05, 0.1) is 0 Å². The topological polar surface area (TPSA) is 83.8 Å². The fourth-order valence-corrected chi connectivity index (χ4v) is 4.15. The van der Waals surface area contributed by atoms with E-state index < -0.39 is 5.97 Å². The highest BCUT2D eigenvalue weighted by molar-refractivity contribution is 8.04. The van der Waals surface area contributed by atoms with Crippen molar-refractivity contribution in [1.82, 2.24) is 19.7 Å². The Labute approximate surface area is 192 Å². The van der Waals surface area contributed by atoms with E-state index in [4.69, 9.17) is 11.6 Å². The smallest absolute Gasteiger partial charge is 0.342 e. The van der Waals surface area contributed by atoms with Crippen LogP contribution in [0, 0.1) is 19.7 Å². The van der Waals surface area contributed by atoms with Crippen LogP contribution in [0.25, 0.3) is 23.2 Å². The number of H-pyrrole nitrogens is 1. The van der Waals surface area contributed by atoms with Gasteiger partial charge >= 0.3 is 5.97 Å². The number of aromatic nitrogens is 4. The molecule has 4 aromatic rings. The molecule has 0 bridgehead atoms. The number of nitrogens with zero attached hydrogens (tertiary/aromatic N) is 3. The summed E-state index contributed by atoms with van der Waals surface area (Å²) in [6.07, 6.45) is 1.59. The molecule has 2 N–H and O–H groups in total. The van der Waals surface area contributed by atoms with Gasteiger partial charge in [-0.1, -0.05) is 11.6 Å². The molecule has 0 unspecified atom stereocenters. The molecule has 0 aliphatic heterocycles. The number of carboxylic acid groups (broad SMARTS) is 1. The third-order valence-electron chi connectivity index (χ3n) is 4.84. The van der Waals surface area contributed by atoms with Crippen LogP contribution in [0.3, 0.4) is 0 Å². The Morgan fingerprint density at radius 3 is 2.50 bits per heavy atom. The summed E-state index contributed by atoms with van der Waals surface area (Å²) in [6.45, 7) is 3.80. The third kappa shape index (κ3) is 4.61. The standard InChI is InChI=1S/C23H18ClFN4O2S/c1-13-11-16(14(2)29(13)19-9-7-18(25)8-10-19)12-20(22(30)31)32-23-26-21(27-28-23)15-3-5-17(24)6-4-15/h3-12H,1-2H3,(H,30,31)(H,26,27,28)/b20-12-. The molecule has 162 valence electrons. The second-order valence-electron chi connectivity index (χ2n) is 7.03. The molecular formula is C23H18ClFN4O2S. The van der Waals surface area contributed by atoms with E-state index in [0.717, 1.165) is 40.0 Å². The molecule has 32 heavy (non-hydrogen) atoms. The highest BCUT2D eigenvalue weighted by atomic mass is 35.5. The van der Waals surface area contributed by atoms with E-state index in [-0.39, 0.29) is 15.9 Å². The normalized spacial score (nSPS) is 11.7. The molecule has 0 radical (unpaired) electrons.